The molecule has 0 saturated heterocycles. The molecular formula is C11H12F3N3O4. The number of ether oxygens (including phenoxy) is 1. The highest BCUT2D eigenvalue weighted by Crippen LogP contribution is 2.37. The number of rotatable bonds is 6. The number of hydrogen-bond donors (Lipinski definition) is 3. The first kappa shape index (κ1) is 15.3. The second kappa shape index (κ2) is 5.72. The highest BCUT2D eigenvalue weighted by molar-refractivity contribution is 5.68. The summed E-state index contributed by atoms with van der Waals surface area (Å²) in [4.78, 5) is 21.5. The van der Waals surface area contributed by atoms with Crippen LogP contribution in [-0.2, 0) is 15.7 Å². The Labute approximate surface area is 116 Å². The molecule has 1 aliphatic rings. The van der Waals surface area contributed by atoms with E-state index in [0.29, 0.717) is 6.42 Å². The molecule has 0 aliphatic heterocycles. The summed E-state index contributed by atoms with van der Waals surface area (Å²) in [5, 5.41) is 16.1. The van der Waals surface area contributed by atoms with Crippen molar-refractivity contribution in [1.82, 2.24) is 10.2 Å². The van der Waals surface area contributed by atoms with Gasteiger partial charge in [-0.25, -0.2) is 9.89 Å². The molecule has 2 unspecified atom stereocenters. The molecule has 1 fully saturated rings. The number of nitrogens with one attached hydrogen (secondary N) is 2. The first-order chi connectivity index (χ1) is 9.79. The van der Waals surface area contributed by atoms with E-state index in [2.05, 4.69) is 10.4 Å². The number of alkyl halides is 3. The van der Waals surface area contributed by atoms with Gasteiger partial charge in [0.2, 0.25) is 0 Å². The van der Waals surface area contributed by atoms with E-state index in [9.17, 15) is 22.8 Å². The number of halogens is 3. The highest BCUT2D eigenvalue weighted by Gasteiger charge is 2.42. The van der Waals surface area contributed by atoms with Crippen LogP contribution in [0.4, 0.5) is 18.9 Å². The molecule has 0 radical (unpaired) electrons. The summed E-state index contributed by atoms with van der Waals surface area (Å²) in [5.41, 5.74) is -3.03. The van der Waals surface area contributed by atoms with E-state index in [4.69, 9.17) is 9.84 Å². The number of carboxylic acids is 1. The monoisotopic (exact) mass is 307 g/mol. The van der Waals surface area contributed by atoms with Gasteiger partial charge in [-0.3, -0.25) is 4.79 Å². The van der Waals surface area contributed by atoms with E-state index in [1.165, 1.54) is 0 Å². The first-order valence-corrected chi connectivity index (χ1v) is 6.00. The van der Waals surface area contributed by atoms with Crippen LogP contribution >= 0.6 is 0 Å². The molecule has 2 rings (SSSR count). The van der Waals surface area contributed by atoms with Gasteiger partial charge in [0.1, 0.15) is 12.2 Å². The van der Waals surface area contributed by atoms with Crippen molar-refractivity contribution in [3.8, 4) is 0 Å². The van der Waals surface area contributed by atoms with E-state index < -0.39 is 35.6 Å². The minimum Gasteiger partial charge on any atom is -0.480 e. The van der Waals surface area contributed by atoms with Gasteiger partial charge < -0.3 is 15.2 Å². The van der Waals surface area contributed by atoms with Crippen molar-refractivity contribution in [2.24, 2.45) is 5.92 Å². The molecule has 21 heavy (non-hydrogen) atoms. The standard InChI is InChI=1S/C11H12F3N3O4/c12-11(13,14)9-7(2-15-17-10(9)20)16-6-1-5(6)3-21-4-8(18)19/h2,5-6H,1,3-4H2,(H,18,19)(H2,16,17,20). The quantitative estimate of drug-likeness (QED) is 0.714. The fraction of sp³-hybridized carbons (Fsp3) is 0.545. The molecule has 0 aromatic carbocycles. The second-order valence-corrected chi connectivity index (χ2v) is 4.64. The number of carboxylic acid groups (broad SMARTS) is 1. The van der Waals surface area contributed by atoms with Crippen molar-refractivity contribution < 1.29 is 27.8 Å². The Morgan fingerprint density at radius 3 is 2.90 bits per heavy atom. The third-order valence-corrected chi connectivity index (χ3v) is 2.96. The van der Waals surface area contributed by atoms with Gasteiger partial charge in [0.25, 0.3) is 5.56 Å². The fourth-order valence-electron chi connectivity index (χ4n) is 1.90. The largest absolute Gasteiger partial charge is 0.480 e. The van der Waals surface area contributed by atoms with Crippen LogP contribution in [0.2, 0.25) is 0 Å². The molecule has 3 N–H and O–H groups in total. The molecule has 1 aliphatic carbocycles. The molecule has 1 aromatic rings. The first-order valence-electron chi connectivity index (χ1n) is 6.00. The smallest absolute Gasteiger partial charge is 0.423 e. The van der Waals surface area contributed by atoms with Crippen molar-refractivity contribution in [3.63, 3.8) is 0 Å². The number of hydrogen-bond acceptors (Lipinski definition) is 5. The molecule has 0 bridgehead atoms. The molecule has 1 heterocycles. The Bertz CT molecular complexity index is 587. The topological polar surface area (TPSA) is 104 Å². The van der Waals surface area contributed by atoms with Crippen molar-refractivity contribution in [1.29, 1.82) is 0 Å². The Morgan fingerprint density at radius 1 is 1.57 bits per heavy atom. The summed E-state index contributed by atoms with van der Waals surface area (Å²) in [7, 11) is 0. The van der Waals surface area contributed by atoms with Crippen LogP contribution in [-0.4, -0.2) is 40.5 Å². The maximum Gasteiger partial charge on any atom is 0.423 e. The molecule has 7 nitrogen and oxygen atoms in total. The van der Waals surface area contributed by atoms with Crippen LogP contribution in [0.5, 0.6) is 0 Å². The number of nitrogens with zero attached hydrogens (tertiary/aromatic N) is 1. The lowest BCUT2D eigenvalue weighted by molar-refractivity contribution is -0.142. The SMILES string of the molecule is O=C(O)COCC1CC1Nc1cn[nH]c(=O)c1C(F)(F)F. The predicted octanol–water partition coefficient (Wildman–Crippen LogP) is 0.690. The number of carbonyl (C=O) groups is 1. The molecule has 2 atom stereocenters. The van der Waals surface area contributed by atoms with Crippen molar-refractivity contribution in [3.05, 3.63) is 22.1 Å². The van der Waals surface area contributed by atoms with Gasteiger partial charge in [0.05, 0.1) is 18.5 Å². The summed E-state index contributed by atoms with van der Waals surface area (Å²) in [6, 6.07) is -0.302. The zero-order valence-corrected chi connectivity index (χ0v) is 10.6. The maximum absolute atomic E-state index is 12.8. The van der Waals surface area contributed by atoms with Crippen LogP contribution in [0.1, 0.15) is 12.0 Å². The zero-order valence-electron chi connectivity index (χ0n) is 10.6. The lowest BCUT2D eigenvalue weighted by Gasteiger charge is -2.12. The van der Waals surface area contributed by atoms with Gasteiger partial charge in [-0.2, -0.15) is 18.3 Å². The Balaban J connectivity index is 1.98. The van der Waals surface area contributed by atoms with Crippen molar-refractivity contribution in [2.45, 2.75) is 18.6 Å². The van der Waals surface area contributed by atoms with E-state index in [0.717, 1.165) is 6.20 Å². The Hall–Kier alpha value is -2.10. The summed E-state index contributed by atoms with van der Waals surface area (Å²) in [6.45, 7) is -0.328. The van der Waals surface area contributed by atoms with Crippen LogP contribution in [0, 0.1) is 5.92 Å². The number of aliphatic carboxylic acids is 1. The average molecular weight is 307 g/mol. The van der Waals surface area contributed by atoms with Gasteiger partial charge in [-0.05, 0) is 6.42 Å². The average Bonchev–Trinajstić information content (AvgIpc) is 3.05. The zero-order chi connectivity index (χ0) is 15.6. The van der Waals surface area contributed by atoms with Gasteiger partial charge in [-0.1, -0.05) is 0 Å². The van der Waals surface area contributed by atoms with Gasteiger partial charge in [-0.15, -0.1) is 0 Å². The normalized spacial score (nSPS) is 21.1. The van der Waals surface area contributed by atoms with E-state index in [-0.39, 0.29) is 18.6 Å². The second-order valence-electron chi connectivity index (χ2n) is 4.64. The molecule has 116 valence electrons. The van der Waals surface area contributed by atoms with E-state index >= 15 is 0 Å². The van der Waals surface area contributed by atoms with Crippen molar-refractivity contribution in [2.75, 3.05) is 18.5 Å². The van der Waals surface area contributed by atoms with Crippen LogP contribution in [0.15, 0.2) is 11.0 Å². The number of anilines is 1. The van der Waals surface area contributed by atoms with Crippen molar-refractivity contribution >= 4 is 11.7 Å². The molecule has 0 spiro atoms. The lowest BCUT2D eigenvalue weighted by atomic mass is 10.2. The minimum absolute atomic E-state index is 0.0929. The lowest BCUT2D eigenvalue weighted by Crippen LogP contribution is -2.25. The Morgan fingerprint density at radius 2 is 2.29 bits per heavy atom. The molecular weight excluding hydrogens is 295 g/mol. The van der Waals surface area contributed by atoms with Crippen LogP contribution in [0.25, 0.3) is 0 Å². The minimum atomic E-state index is -4.79. The molecule has 10 heteroatoms. The van der Waals surface area contributed by atoms with Gasteiger partial charge >= 0.3 is 12.1 Å². The van der Waals surface area contributed by atoms with E-state index in [1.54, 1.807) is 5.10 Å². The maximum atomic E-state index is 12.8. The summed E-state index contributed by atoms with van der Waals surface area (Å²) in [5.74, 6) is -1.21. The van der Waals surface area contributed by atoms with Gasteiger partial charge in [0, 0.05) is 12.0 Å². The van der Waals surface area contributed by atoms with E-state index in [1.807, 2.05) is 0 Å². The summed E-state index contributed by atoms with van der Waals surface area (Å²) in [6.07, 6.45) is -3.36. The predicted molar refractivity (Wildman–Crippen MR) is 63.8 cm³/mol. The van der Waals surface area contributed by atoms with Gasteiger partial charge in [0.15, 0.2) is 0 Å². The van der Waals surface area contributed by atoms with Crippen LogP contribution < -0.4 is 10.9 Å². The third-order valence-electron chi connectivity index (χ3n) is 2.96. The summed E-state index contributed by atoms with van der Waals surface area (Å²) >= 11 is 0. The fourth-order valence-corrected chi connectivity index (χ4v) is 1.90. The number of aromatic amines is 1. The third kappa shape index (κ3) is 3.94. The number of H-pyrrole nitrogens is 1. The molecule has 1 saturated carbocycles. The van der Waals surface area contributed by atoms with Crippen LogP contribution in [0.3, 0.4) is 0 Å². The molecule has 1 aromatic heterocycles. The number of aromatic nitrogens is 2. The highest BCUT2D eigenvalue weighted by atomic mass is 19.4. The summed E-state index contributed by atoms with van der Waals surface area (Å²) < 4.78 is 43.2. The molecule has 0 amide bonds. The Kier molecular flexibility index (Phi) is 4.16.